The SMILES string of the molecule is CN(C)C1(c2cc(S(N)(=O)=O)nn2C)COC1. The highest BCUT2D eigenvalue weighted by Gasteiger charge is 2.45. The Morgan fingerprint density at radius 3 is 2.41 bits per heavy atom. The van der Waals surface area contributed by atoms with Gasteiger partial charge < -0.3 is 4.74 Å². The fourth-order valence-electron chi connectivity index (χ4n) is 1.95. The predicted molar refractivity (Wildman–Crippen MR) is 60.8 cm³/mol. The maximum atomic E-state index is 11.3. The Bertz CT molecular complexity index is 530. The van der Waals surface area contributed by atoms with Crippen molar-refractivity contribution in [1.82, 2.24) is 14.7 Å². The normalized spacial score (nSPS) is 19.4. The topological polar surface area (TPSA) is 90.5 Å². The number of aromatic nitrogens is 2. The van der Waals surface area contributed by atoms with Crippen molar-refractivity contribution in [2.24, 2.45) is 12.2 Å². The molecule has 0 spiro atoms. The molecule has 0 amide bonds. The van der Waals surface area contributed by atoms with E-state index in [1.165, 1.54) is 6.07 Å². The molecule has 1 aromatic rings. The fourth-order valence-corrected chi connectivity index (χ4v) is 2.46. The zero-order valence-electron chi connectivity index (χ0n) is 10.0. The largest absolute Gasteiger partial charge is 0.377 e. The fraction of sp³-hybridized carbons (Fsp3) is 0.667. The summed E-state index contributed by atoms with van der Waals surface area (Å²) in [4.78, 5) is 2.00. The Morgan fingerprint density at radius 1 is 1.53 bits per heavy atom. The van der Waals surface area contributed by atoms with Gasteiger partial charge in [0.05, 0.1) is 18.9 Å². The van der Waals surface area contributed by atoms with Gasteiger partial charge in [-0.1, -0.05) is 0 Å². The van der Waals surface area contributed by atoms with E-state index < -0.39 is 10.0 Å². The minimum absolute atomic E-state index is 0.108. The third kappa shape index (κ3) is 1.86. The lowest BCUT2D eigenvalue weighted by Gasteiger charge is -2.46. The van der Waals surface area contributed by atoms with Gasteiger partial charge in [0.25, 0.3) is 10.0 Å². The highest BCUT2D eigenvalue weighted by Crippen LogP contribution is 2.34. The van der Waals surface area contributed by atoms with Gasteiger partial charge >= 0.3 is 0 Å². The van der Waals surface area contributed by atoms with Crippen LogP contribution in [-0.2, 0) is 27.3 Å². The summed E-state index contributed by atoms with van der Waals surface area (Å²) < 4.78 is 29.3. The molecule has 2 heterocycles. The number of aryl methyl sites for hydroxylation is 1. The molecule has 1 saturated heterocycles. The van der Waals surface area contributed by atoms with Crippen LogP contribution < -0.4 is 5.14 Å². The predicted octanol–water partition coefficient (Wildman–Crippen LogP) is -1.15. The zero-order chi connectivity index (χ0) is 12.8. The first-order chi connectivity index (χ1) is 7.77. The van der Waals surface area contributed by atoms with Crippen LogP contribution in [0.15, 0.2) is 11.1 Å². The van der Waals surface area contributed by atoms with Crippen molar-refractivity contribution in [1.29, 1.82) is 0 Å². The third-order valence-electron chi connectivity index (χ3n) is 3.16. The number of nitrogens with zero attached hydrogens (tertiary/aromatic N) is 3. The molecule has 8 heteroatoms. The Hall–Kier alpha value is -0.960. The molecule has 7 nitrogen and oxygen atoms in total. The molecular formula is C9H16N4O3S. The molecule has 0 aliphatic carbocycles. The maximum absolute atomic E-state index is 11.3. The number of hydrogen-bond acceptors (Lipinski definition) is 5. The second kappa shape index (κ2) is 3.77. The van der Waals surface area contributed by atoms with E-state index >= 15 is 0 Å². The first kappa shape index (κ1) is 12.5. The van der Waals surface area contributed by atoms with E-state index in [1.807, 2.05) is 19.0 Å². The molecule has 2 rings (SSSR count). The van der Waals surface area contributed by atoms with E-state index in [9.17, 15) is 8.42 Å². The number of rotatable bonds is 3. The van der Waals surface area contributed by atoms with Gasteiger partial charge in [0.1, 0.15) is 5.54 Å². The van der Waals surface area contributed by atoms with Gasteiger partial charge in [-0.3, -0.25) is 9.58 Å². The van der Waals surface area contributed by atoms with Gasteiger partial charge in [0.15, 0.2) is 5.03 Å². The number of sulfonamides is 1. The molecule has 17 heavy (non-hydrogen) atoms. The van der Waals surface area contributed by atoms with Crippen LogP contribution in [0.3, 0.4) is 0 Å². The minimum atomic E-state index is -3.77. The number of likely N-dealkylation sites (N-methyl/N-ethyl adjacent to an activating group) is 1. The number of nitrogens with two attached hydrogens (primary N) is 1. The molecule has 2 N–H and O–H groups in total. The van der Waals surface area contributed by atoms with Gasteiger partial charge in [-0.05, 0) is 14.1 Å². The Kier molecular flexibility index (Phi) is 2.77. The van der Waals surface area contributed by atoms with Crippen molar-refractivity contribution >= 4 is 10.0 Å². The zero-order valence-corrected chi connectivity index (χ0v) is 10.9. The average Bonchev–Trinajstić information content (AvgIpc) is 2.45. The van der Waals surface area contributed by atoms with Gasteiger partial charge in [0, 0.05) is 13.1 Å². The monoisotopic (exact) mass is 260 g/mol. The maximum Gasteiger partial charge on any atom is 0.257 e. The third-order valence-corrected chi connectivity index (χ3v) is 3.95. The van der Waals surface area contributed by atoms with Gasteiger partial charge in [-0.15, -0.1) is 0 Å². The Morgan fingerprint density at radius 2 is 2.12 bits per heavy atom. The second-order valence-electron chi connectivity index (χ2n) is 4.46. The van der Waals surface area contributed by atoms with Gasteiger partial charge in [-0.2, -0.15) is 5.10 Å². The smallest absolute Gasteiger partial charge is 0.257 e. The summed E-state index contributed by atoms with van der Waals surface area (Å²) in [6, 6.07) is 1.51. The van der Waals surface area contributed by atoms with Crippen LogP contribution in [0.2, 0.25) is 0 Å². The van der Waals surface area contributed by atoms with Crippen LogP contribution in [0, 0.1) is 0 Å². The molecule has 1 aromatic heterocycles. The second-order valence-corrected chi connectivity index (χ2v) is 5.96. The van der Waals surface area contributed by atoms with Crippen LogP contribution in [0.4, 0.5) is 0 Å². The van der Waals surface area contributed by atoms with Crippen LogP contribution in [0.25, 0.3) is 0 Å². The molecule has 0 radical (unpaired) electrons. The van der Waals surface area contributed by atoms with Crippen LogP contribution in [0.1, 0.15) is 5.69 Å². The van der Waals surface area contributed by atoms with E-state index in [2.05, 4.69) is 5.10 Å². The average molecular weight is 260 g/mol. The van der Waals surface area contributed by atoms with Crippen molar-refractivity contribution in [3.8, 4) is 0 Å². The Balaban J connectivity index is 2.50. The van der Waals surface area contributed by atoms with Crippen molar-refractivity contribution < 1.29 is 13.2 Å². The number of ether oxygens (including phenoxy) is 1. The van der Waals surface area contributed by atoms with E-state index in [4.69, 9.17) is 9.88 Å². The molecule has 0 unspecified atom stereocenters. The molecule has 1 aliphatic heterocycles. The Labute approximate surface area is 100 Å². The molecule has 96 valence electrons. The molecule has 1 fully saturated rings. The highest BCUT2D eigenvalue weighted by molar-refractivity contribution is 7.89. The van der Waals surface area contributed by atoms with Crippen molar-refractivity contribution in [2.45, 2.75) is 10.6 Å². The van der Waals surface area contributed by atoms with Crippen LogP contribution >= 0.6 is 0 Å². The summed E-state index contributed by atoms with van der Waals surface area (Å²) in [5.41, 5.74) is 0.475. The van der Waals surface area contributed by atoms with Crippen molar-refractivity contribution in [3.63, 3.8) is 0 Å². The lowest BCUT2D eigenvalue weighted by atomic mass is 9.91. The standard InChI is InChI=1S/C9H16N4O3S/c1-12(2)9(5-16-6-9)7-4-8(11-13(7)3)17(10,14)15/h4H,5-6H2,1-3H3,(H2,10,14,15). The molecule has 0 saturated carbocycles. The summed E-state index contributed by atoms with van der Waals surface area (Å²) in [6.07, 6.45) is 0. The molecule has 0 aromatic carbocycles. The first-order valence-corrected chi connectivity index (χ1v) is 6.64. The molecule has 0 atom stereocenters. The van der Waals surface area contributed by atoms with Crippen LogP contribution in [0.5, 0.6) is 0 Å². The quantitative estimate of drug-likeness (QED) is 0.741. The van der Waals surface area contributed by atoms with Gasteiger partial charge in [0.2, 0.25) is 0 Å². The summed E-state index contributed by atoms with van der Waals surface area (Å²) in [6.45, 7) is 1.03. The summed E-state index contributed by atoms with van der Waals surface area (Å²) in [5, 5.41) is 8.89. The molecular weight excluding hydrogens is 244 g/mol. The lowest BCUT2D eigenvalue weighted by molar-refractivity contribution is -0.134. The highest BCUT2D eigenvalue weighted by atomic mass is 32.2. The minimum Gasteiger partial charge on any atom is -0.377 e. The van der Waals surface area contributed by atoms with E-state index in [-0.39, 0.29) is 10.6 Å². The summed E-state index contributed by atoms with van der Waals surface area (Å²) in [5.74, 6) is 0. The summed E-state index contributed by atoms with van der Waals surface area (Å²) >= 11 is 0. The van der Waals surface area contributed by atoms with E-state index in [1.54, 1.807) is 11.7 Å². The summed E-state index contributed by atoms with van der Waals surface area (Å²) in [7, 11) is 1.78. The van der Waals surface area contributed by atoms with Crippen molar-refractivity contribution in [3.05, 3.63) is 11.8 Å². The van der Waals surface area contributed by atoms with Crippen molar-refractivity contribution in [2.75, 3.05) is 27.3 Å². The van der Waals surface area contributed by atoms with Crippen LogP contribution in [-0.4, -0.2) is 50.4 Å². The van der Waals surface area contributed by atoms with Gasteiger partial charge in [-0.25, -0.2) is 13.6 Å². The first-order valence-electron chi connectivity index (χ1n) is 5.10. The van der Waals surface area contributed by atoms with E-state index in [0.717, 1.165) is 5.69 Å². The lowest BCUT2D eigenvalue weighted by Crippen LogP contribution is -2.57. The molecule has 0 bridgehead atoms. The van der Waals surface area contributed by atoms with E-state index in [0.29, 0.717) is 13.2 Å². The molecule has 1 aliphatic rings. The number of hydrogen-bond donors (Lipinski definition) is 1. The number of primary sulfonamides is 1.